The second kappa shape index (κ2) is 4.94. The third kappa shape index (κ3) is 2.40. The molecular formula is C15H16ClNS. The summed E-state index contributed by atoms with van der Waals surface area (Å²) in [4.78, 5) is 1.28. The van der Waals surface area contributed by atoms with Crippen LogP contribution in [-0.4, -0.2) is 0 Å². The van der Waals surface area contributed by atoms with Gasteiger partial charge >= 0.3 is 0 Å². The summed E-state index contributed by atoms with van der Waals surface area (Å²) in [5.74, 6) is 0. The SMILES string of the molecule is CC(Nc1ccc2c(c1)CCC2)c1ccc(Cl)s1. The molecule has 1 heterocycles. The maximum absolute atomic E-state index is 5.97. The quantitative estimate of drug-likeness (QED) is 0.826. The minimum absolute atomic E-state index is 0.307. The molecule has 1 unspecified atom stereocenters. The highest BCUT2D eigenvalue weighted by Gasteiger charge is 2.12. The van der Waals surface area contributed by atoms with E-state index in [1.54, 1.807) is 11.3 Å². The number of hydrogen-bond acceptors (Lipinski definition) is 2. The fraction of sp³-hybridized carbons (Fsp3) is 0.333. The van der Waals surface area contributed by atoms with E-state index < -0.39 is 0 Å². The van der Waals surface area contributed by atoms with E-state index in [0.29, 0.717) is 6.04 Å². The number of benzene rings is 1. The molecule has 18 heavy (non-hydrogen) atoms. The van der Waals surface area contributed by atoms with Crippen molar-refractivity contribution >= 4 is 28.6 Å². The summed E-state index contributed by atoms with van der Waals surface area (Å²) in [6.45, 7) is 2.18. The van der Waals surface area contributed by atoms with Gasteiger partial charge in [-0.3, -0.25) is 0 Å². The lowest BCUT2D eigenvalue weighted by atomic mass is 10.1. The van der Waals surface area contributed by atoms with E-state index in [1.807, 2.05) is 6.07 Å². The number of rotatable bonds is 3. The van der Waals surface area contributed by atoms with Crippen molar-refractivity contribution in [1.82, 2.24) is 0 Å². The molecule has 0 bridgehead atoms. The average Bonchev–Trinajstić information content (AvgIpc) is 2.96. The van der Waals surface area contributed by atoms with E-state index in [-0.39, 0.29) is 0 Å². The molecule has 1 atom stereocenters. The molecule has 2 aromatic rings. The highest BCUT2D eigenvalue weighted by molar-refractivity contribution is 7.16. The van der Waals surface area contributed by atoms with Gasteiger partial charge in [0.25, 0.3) is 0 Å². The molecule has 94 valence electrons. The summed E-state index contributed by atoms with van der Waals surface area (Å²) < 4.78 is 0.854. The van der Waals surface area contributed by atoms with Crippen LogP contribution in [0.15, 0.2) is 30.3 Å². The number of thiophene rings is 1. The van der Waals surface area contributed by atoms with Crippen LogP contribution in [0, 0.1) is 0 Å². The number of anilines is 1. The first-order chi connectivity index (χ1) is 8.72. The van der Waals surface area contributed by atoms with E-state index in [0.717, 1.165) is 4.34 Å². The van der Waals surface area contributed by atoms with Crippen LogP contribution in [-0.2, 0) is 12.8 Å². The van der Waals surface area contributed by atoms with Gasteiger partial charge in [-0.15, -0.1) is 11.3 Å². The molecule has 1 aromatic heterocycles. The molecule has 0 fully saturated rings. The topological polar surface area (TPSA) is 12.0 Å². The largest absolute Gasteiger partial charge is 0.378 e. The highest BCUT2D eigenvalue weighted by Crippen LogP contribution is 2.30. The van der Waals surface area contributed by atoms with Crippen LogP contribution < -0.4 is 5.32 Å². The average molecular weight is 278 g/mol. The number of aryl methyl sites for hydroxylation is 2. The minimum atomic E-state index is 0.307. The van der Waals surface area contributed by atoms with Crippen molar-refractivity contribution in [2.45, 2.75) is 32.2 Å². The Hall–Kier alpha value is -0.990. The molecule has 1 aliphatic rings. The van der Waals surface area contributed by atoms with Gasteiger partial charge in [0.05, 0.1) is 10.4 Å². The molecular weight excluding hydrogens is 262 g/mol. The zero-order chi connectivity index (χ0) is 12.5. The van der Waals surface area contributed by atoms with Crippen molar-refractivity contribution in [3.8, 4) is 0 Å². The summed E-state index contributed by atoms with van der Waals surface area (Å²) in [6.07, 6.45) is 3.77. The highest BCUT2D eigenvalue weighted by atomic mass is 35.5. The number of fused-ring (bicyclic) bond motifs is 1. The van der Waals surface area contributed by atoms with Crippen molar-refractivity contribution in [3.63, 3.8) is 0 Å². The van der Waals surface area contributed by atoms with Gasteiger partial charge in [0.15, 0.2) is 0 Å². The van der Waals surface area contributed by atoms with Crippen LogP contribution in [0.3, 0.4) is 0 Å². The third-order valence-electron chi connectivity index (χ3n) is 3.50. The fourth-order valence-electron chi connectivity index (χ4n) is 2.54. The summed E-state index contributed by atoms with van der Waals surface area (Å²) in [6, 6.07) is 11.1. The minimum Gasteiger partial charge on any atom is -0.378 e. The molecule has 0 radical (unpaired) electrons. The number of halogens is 1. The smallest absolute Gasteiger partial charge is 0.0932 e. The van der Waals surface area contributed by atoms with Crippen molar-refractivity contribution in [1.29, 1.82) is 0 Å². The van der Waals surface area contributed by atoms with Gasteiger partial charge in [0, 0.05) is 10.6 Å². The Morgan fingerprint density at radius 1 is 1.17 bits per heavy atom. The van der Waals surface area contributed by atoms with Crippen LogP contribution in [0.25, 0.3) is 0 Å². The van der Waals surface area contributed by atoms with Gasteiger partial charge in [-0.05, 0) is 61.6 Å². The van der Waals surface area contributed by atoms with Gasteiger partial charge in [0.2, 0.25) is 0 Å². The predicted molar refractivity (Wildman–Crippen MR) is 79.8 cm³/mol. The Bertz CT molecular complexity index is 561. The maximum Gasteiger partial charge on any atom is 0.0932 e. The van der Waals surface area contributed by atoms with Gasteiger partial charge in [-0.2, -0.15) is 0 Å². The van der Waals surface area contributed by atoms with E-state index >= 15 is 0 Å². The van der Waals surface area contributed by atoms with Gasteiger partial charge in [-0.25, -0.2) is 0 Å². The van der Waals surface area contributed by atoms with E-state index in [2.05, 4.69) is 36.5 Å². The molecule has 0 amide bonds. The Labute approximate surface area is 117 Å². The second-order valence-electron chi connectivity index (χ2n) is 4.84. The summed E-state index contributed by atoms with van der Waals surface area (Å²) >= 11 is 7.62. The Morgan fingerprint density at radius 3 is 2.78 bits per heavy atom. The molecule has 3 heteroatoms. The Morgan fingerprint density at radius 2 is 2.00 bits per heavy atom. The molecule has 3 rings (SSSR count). The zero-order valence-corrected chi connectivity index (χ0v) is 11.9. The lowest BCUT2D eigenvalue weighted by Gasteiger charge is -2.14. The molecule has 1 N–H and O–H groups in total. The van der Waals surface area contributed by atoms with Gasteiger partial charge in [-0.1, -0.05) is 17.7 Å². The van der Waals surface area contributed by atoms with Crippen LogP contribution in [0.2, 0.25) is 4.34 Å². The van der Waals surface area contributed by atoms with Crippen molar-refractivity contribution in [2.24, 2.45) is 0 Å². The van der Waals surface area contributed by atoms with E-state index in [9.17, 15) is 0 Å². The molecule has 1 aliphatic carbocycles. The summed E-state index contributed by atoms with van der Waals surface area (Å²) in [5, 5.41) is 3.55. The number of nitrogens with one attached hydrogen (secondary N) is 1. The fourth-order valence-corrected chi connectivity index (χ4v) is 3.61. The third-order valence-corrected chi connectivity index (χ3v) is 4.92. The van der Waals surface area contributed by atoms with E-state index in [1.165, 1.54) is 41.0 Å². The monoisotopic (exact) mass is 277 g/mol. The molecule has 0 spiro atoms. The predicted octanol–water partition coefficient (Wildman–Crippen LogP) is 5.06. The molecule has 1 aromatic carbocycles. The van der Waals surface area contributed by atoms with Crippen molar-refractivity contribution in [2.75, 3.05) is 5.32 Å². The van der Waals surface area contributed by atoms with E-state index in [4.69, 9.17) is 11.6 Å². The lowest BCUT2D eigenvalue weighted by Crippen LogP contribution is -2.05. The molecule has 0 saturated heterocycles. The van der Waals surface area contributed by atoms with Gasteiger partial charge < -0.3 is 5.32 Å². The molecule has 1 nitrogen and oxygen atoms in total. The molecule has 0 saturated carbocycles. The second-order valence-corrected chi connectivity index (χ2v) is 6.59. The zero-order valence-electron chi connectivity index (χ0n) is 10.4. The lowest BCUT2D eigenvalue weighted by molar-refractivity contribution is 0.905. The summed E-state index contributed by atoms with van der Waals surface area (Å²) in [7, 11) is 0. The number of hydrogen-bond donors (Lipinski definition) is 1. The maximum atomic E-state index is 5.97. The first kappa shape index (κ1) is 12.1. The Kier molecular flexibility index (Phi) is 3.31. The van der Waals surface area contributed by atoms with Crippen LogP contribution >= 0.6 is 22.9 Å². The Balaban J connectivity index is 1.76. The first-order valence-corrected chi connectivity index (χ1v) is 7.55. The normalized spacial score (nSPS) is 15.4. The standard InChI is InChI=1S/C15H16ClNS/c1-10(14-7-8-15(16)18-14)17-13-6-5-11-3-2-4-12(11)9-13/h5-10,17H,2-4H2,1H3. The van der Waals surface area contributed by atoms with Crippen molar-refractivity contribution < 1.29 is 0 Å². The van der Waals surface area contributed by atoms with Crippen LogP contribution in [0.4, 0.5) is 5.69 Å². The molecule has 0 aliphatic heterocycles. The van der Waals surface area contributed by atoms with Gasteiger partial charge in [0.1, 0.15) is 0 Å². The van der Waals surface area contributed by atoms with Crippen LogP contribution in [0.1, 0.15) is 35.4 Å². The summed E-state index contributed by atoms with van der Waals surface area (Å²) in [5.41, 5.74) is 4.25. The van der Waals surface area contributed by atoms with Crippen molar-refractivity contribution in [3.05, 3.63) is 50.7 Å². The van der Waals surface area contributed by atoms with Crippen LogP contribution in [0.5, 0.6) is 0 Å². The first-order valence-electron chi connectivity index (χ1n) is 6.36.